The molecule has 0 fully saturated rings. The zero-order chi connectivity index (χ0) is 30.0. The van der Waals surface area contributed by atoms with Crippen molar-refractivity contribution in [1.29, 1.82) is 0 Å². The van der Waals surface area contributed by atoms with Crippen LogP contribution in [-0.4, -0.2) is 58.6 Å². The van der Waals surface area contributed by atoms with Crippen LogP contribution >= 0.6 is 8.60 Å². The lowest BCUT2D eigenvalue weighted by atomic mass is 9.73. The Bertz CT molecular complexity index is 1190. The molecule has 0 bridgehead atoms. The maximum atomic E-state index is 10.6. The first-order chi connectivity index (χ1) is 19.3. The van der Waals surface area contributed by atoms with E-state index in [4.69, 9.17) is 24.3 Å². The van der Waals surface area contributed by atoms with Gasteiger partial charge in [0.25, 0.3) is 0 Å². The van der Waals surface area contributed by atoms with Crippen molar-refractivity contribution in [2.75, 3.05) is 32.7 Å². The molecule has 2 aromatic rings. The molecule has 2 heterocycles. The van der Waals surface area contributed by atoms with Crippen LogP contribution in [0.2, 0.25) is 0 Å². The van der Waals surface area contributed by atoms with Gasteiger partial charge in [-0.25, -0.2) is 9.50 Å². The zero-order valence-corrected chi connectivity index (χ0v) is 26.6. The Labute approximate surface area is 246 Å². The third-order valence-electron chi connectivity index (χ3n) is 6.95. The number of hydrogen-bond acceptors (Lipinski definition) is 8. The van der Waals surface area contributed by atoms with Crippen LogP contribution in [0.4, 0.5) is 5.82 Å². The number of nitrogens with zero attached hydrogens (tertiary/aromatic N) is 3. The first kappa shape index (κ1) is 33.4. The van der Waals surface area contributed by atoms with Gasteiger partial charge in [0, 0.05) is 12.8 Å². The van der Waals surface area contributed by atoms with E-state index in [-0.39, 0.29) is 36.3 Å². The van der Waals surface area contributed by atoms with E-state index in [0.29, 0.717) is 31.2 Å². The number of anilines is 1. The summed E-state index contributed by atoms with van der Waals surface area (Å²) in [6.45, 7) is 14.4. The molecule has 9 nitrogen and oxygen atoms in total. The lowest BCUT2D eigenvalue weighted by Gasteiger charge is -2.35. The molecular weight excluding hydrogens is 539 g/mol. The fraction of sp³-hybridized carbons (Fsp3) is 0.613. The summed E-state index contributed by atoms with van der Waals surface area (Å²) >= 11 is 0. The fourth-order valence-corrected chi connectivity index (χ4v) is 6.24. The molecule has 0 saturated carbocycles. The molecule has 3 N–H and O–H groups in total. The van der Waals surface area contributed by atoms with Crippen molar-refractivity contribution in [3.8, 4) is 0 Å². The Balaban J connectivity index is 1.52. The van der Waals surface area contributed by atoms with Crippen LogP contribution in [0.15, 0.2) is 54.4 Å². The van der Waals surface area contributed by atoms with E-state index >= 15 is 0 Å². The molecule has 41 heavy (non-hydrogen) atoms. The molecule has 1 aliphatic rings. The highest BCUT2D eigenvalue weighted by Crippen LogP contribution is 2.39. The van der Waals surface area contributed by atoms with Gasteiger partial charge in [-0.1, -0.05) is 71.9 Å². The van der Waals surface area contributed by atoms with E-state index in [2.05, 4.69) is 75.9 Å². The second-order valence-corrected chi connectivity index (χ2v) is 13.9. The molecule has 4 unspecified atom stereocenters. The monoisotopic (exact) mass is 588 g/mol. The number of hydrogen-bond donors (Lipinski definition) is 2. The standard InChI is InChI=1S/C31H49N4O5P/c1-23-10-8-9-11-24(16-23)18-38-27(17-31(5,6)21-30(2,3)4)20-40-41(36)39-19-26(37-7)14-12-25-13-15-28-29(32)33-22-34-35(25)28/h8-11,13,15-16,22-23,26-27,36H,12,14,17-21H2,1-7H3,(H2,32,33,34). The van der Waals surface area contributed by atoms with Crippen molar-refractivity contribution in [2.24, 2.45) is 16.7 Å². The lowest BCUT2D eigenvalue weighted by molar-refractivity contribution is -0.00941. The van der Waals surface area contributed by atoms with Gasteiger partial charge >= 0.3 is 8.60 Å². The average Bonchev–Trinajstić information content (AvgIpc) is 3.19. The lowest BCUT2D eigenvalue weighted by Crippen LogP contribution is -2.30. The molecule has 3 rings (SSSR count). The second kappa shape index (κ2) is 15.4. The van der Waals surface area contributed by atoms with Gasteiger partial charge in [0.05, 0.1) is 32.0 Å². The molecule has 1 aliphatic carbocycles. The molecule has 0 radical (unpaired) electrons. The van der Waals surface area contributed by atoms with E-state index in [9.17, 15) is 4.89 Å². The number of aryl methyl sites for hydroxylation is 1. The predicted octanol–water partition coefficient (Wildman–Crippen LogP) is 6.44. The highest BCUT2D eigenvalue weighted by Gasteiger charge is 2.30. The summed E-state index contributed by atoms with van der Waals surface area (Å²) in [6.07, 6.45) is 14.8. The SMILES string of the molecule is COC(CCc1ccc2c(N)ncnn12)COP(O)OCC(CC(C)(C)CC(C)(C)C)OCC1=CC(C)C=CC=C1. The first-order valence-corrected chi connectivity index (χ1v) is 15.5. The Hall–Kier alpha value is -2.13. The summed E-state index contributed by atoms with van der Waals surface area (Å²) in [7, 11) is -0.448. The topological polar surface area (TPSA) is 113 Å². The molecule has 2 aromatic heterocycles. The molecule has 0 spiro atoms. The van der Waals surface area contributed by atoms with E-state index in [1.807, 2.05) is 18.2 Å². The summed E-state index contributed by atoms with van der Waals surface area (Å²) in [5.41, 5.74) is 9.08. The van der Waals surface area contributed by atoms with Crippen molar-refractivity contribution in [2.45, 2.75) is 79.4 Å². The van der Waals surface area contributed by atoms with Gasteiger partial charge in [0.15, 0.2) is 5.82 Å². The zero-order valence-electron chi connectivity index (χ0n) is 25.7. The number of nitrogen functional groups attached to an aromatic ring is 1. The van der Waals surface area contributed by atoms with Gasteiger partial charge in [0.1, 0.15) is 11.8 Å². The smallest absolute Gasteiger partial charge is 0.330 e. The second-order valence-electron chi connectivity index (χ2n) is 12.9. The van der Waals surface area contributed by atoms with E-state index in [0.717, 1.165) is 29.6 Å². The molecule has 0 amide bonds. The third-order valence-corrected chi connectivity index (χ3v) is 7.69. The van der Waals surface area contributed by atoms with Crippen molar-refractivity contribution in [1.82, 2.24) is 14.6 Å². The van der Waals surface area contributed by atoms with Gasteiger partial charge < -0.3 is 29.1 Å². The van der Waals surface area contributed by atoms with E-state index in [1.165, 1.54) is 6.33 Å². The maximum absolute atomic E-state index is 10.6. The minimum absolute atomic E-state index is 0.0353. The van der Waals surface area contributed by atoms with E-state index in [1.54, 1.807) is 11.6 Å². The molecule has 4 atom stereocenters. The van der Waals surface area contributed by atoms with Crippen molar-refractivity contribution in [3.05, 3.63) is 60.1 Å². The number of methoxy groups -OCH3 is 1. The van der Waals surface area contributed by atoms with Gasteiger partial charge in [-0.05, 0) is 60.1 Å². The normalized spacial score (nSPS) is 18.3. The molecule has 228 valence electrons. The molecular formula is C31H49N4O5P. The Morgan fingerprint density at radius 2 is 1.83 bits per heavy atom. The summed E-state index contributed by atoms with van der Waals surface area (Å²) in [5, 5.41) is 4.29. The highest BCUT2D eigenvalue weighted by atomic mass is 31.2. The third kappa shape index (κ3) is 11.6. The van der Waals surface area contributed by atoms with Crippen LogP contribution < -0.4 is 5.73 Å². The fourth-order valence-electron chi connectivity index (χ4n) is 5.57. The number of nitrogens with two attached hydrogens (primary N) is 1. The summed E-state index contributed by atoms with van der Waals surface area (Å²) in [4.78, 5) is 14.6. The average molecular weight is 589 g/mol. The highest BCUT2D eigenvalue weighted by molar-refractivity contribution is 7.40. The Morgan fingerprint density at radius 3 is 2.54 bits per heavy atom. The van der Waals surface area contributed by atoms with Crippen LogP contribution in [0.25, 0.3) is 5.52 Å². The summed E-state index contributed by atoms with van der Waals surface area (Å²) in [5.74, 6) is 0.796. The van der Waals surface area contributed by atoms with Crippen LogP contribution in [0.1, 0.15) is 66.5 Å². The number of aromatic nitrogens is 3. The number of ether oxygens (including phenoxy) is 2. The van der Waals surface area contributed by atoms with Crippen LogP contribution in [0.5, 0.6) is 0 Å². The molecule has 10 heteroatoms. The van der Waals surface area contributed by atoms with E-state index < -0.39 is 8.60 Å². The molecule has 0 aromatic carbocycles. The van der Waals surface area contributed by atoms with Gasteiger partial charge in [-0.3, -0.25) is 0 Å². The Kier molecular flexibility index (Phi) is 12.5. The van der Waals surface area contributed by atoms with Crippen LogP contribution in [-0.2, 0) is 24.9 Å². The van der Waals surface area contributed by atoms with Crippen molar-refractivity contribution in [3.63, 3.8) is 0 Å². The van der Waals surface area contributed by atoms with Gasteiger partial charge in [-0.2, -0.15) is 5.10 Å². The van der Waals surface area contributed by atoms with Crippen LogP contribution in [0, 0.1) is 16.7 Å². The number of rotatable bonds is 16. The molecule has 0 saturated heterocycles. The number of fused-ring (bicyclic) bond motifs is 1. The van der Waals surface area contributed by atoms with Crippen molar-refractivity contribution < 1.29 is 23.4 Å². The first-order valence-electron chi connectivity index (χ1n) is 14.4. The predicted molar refractivity (Wildman–Crippen MR) is 165 cm³/mol. The largest absolute Gasteiger partial charge is 0.382 e. The van der Waals surface area contributed by atoms with Crippen LogP contribution in [0.3, 0.4) is 0 Å². The van der Waals surface area contributed by atoms with Gasteiger partial charge in [0.2, 0.25) is 0 Å². The van der Waals surface area contributed by atoms with Crippen molar-refractivity contribution >= 4 is 19.9 Å². The summed E-state index contributed by atoms with van der Waals surface area (Å²) in [6, 6.07) is 3.89. The minimum atomic E-state index is -2.09. The number of allylic oxidation sites excluding steroid dienone is 4. The molecule has 0 aliphatic heterocycles. The minimum Gasteiger partial charge on any atom is -0.382 e. The maximum Gasteiger partial charge on any atom is 0.330 e. The van der Waals surface area contributed by atoms with Gasteiger partial charge in [-0.15, -0.1) is 0 Å². The Morgan fingerprint density at radius 1 is 1.10 bits per heavy atom. The summed E-state index contributed by atoms with van der Waals surface area (Å²) < 4.78 is 25.3. The quantitative estimate of drug-likeness (QED) is 0.216.